The number of benzene rings is 2. The molecule has 0 fully saturated rings. The molecule has 2 aromatic carbocycles. The molecule has 0 aliphatic carbocycles. The van der Waals surface area contributed by atoms with E-state index in [1.165, 1.54) is 14.2 Å². The summed E-state index contributed by atoms with van der Waals surface area (Å²) in [5, 5.41) is 5.38. The van der Waals surface area contributed by atoms with Gasteiger partial charge in [0, 0.05) is 32.2 Å². The Morgan fingerprint density at radius 3 is 2.05 bits per heavy atom. The molecular weight excluding hydrogens is 508 g/mol. The van der Waals surface area contributed by atoms with Crippen LogP contribution in [0.15, 0.2) is 41.3 Å². The minimum Gasteiger partial charge on any atom is -0.497 e. The number of hydrogen-bond acceptors (Lipinski definition) is 7. The van der Waals surface area contributed by atoms with Gasteiger partial charge in [0.2, 0.25) is 15.9 Å². The lowest BCUT2D eigenvalue weighted by Crippen LogP contribution is -2.41. The summed E-state index contributed by atoms with van der Waals surface area (Å²) >= 11 is 0. The van der Waals surface area contributed by atoms with Crippen LogP contribution >= 0.6 is 0 Å². The first-order valence-corrected chi connectivity index (χ1v) is 14.1. The highest BCUT2D eigenvalue weighted by molar-refractivity contribution is 7.89. The Morgan fingerprint density at radius 2 is 1.50 bits per heavy atom. The minimum atomic E-state index is -3.88. The van der Waals surface area contributed by atoms with Crippen LogP contribution in [0.25, 0.3) is 0 Å². The van der Waals surface area contributed by atoms with Crippen molar-refractivity contribution in [2.45, 2.75) is 32.6 Å². The topological polar surface area (TPSA) is 117 Å². The Kier molecular flexibility index (Phi) is 12.0. The Labute approximate surface area is 226 Å². The molecule has 0 aliphatic rings. The second-order valence-corrected chi connectivity index (χ2v) is 10.8. The molecule has 0 radical (unpaired) electrons. The Hall–Kier alpha value is -3.15. The van der Waals surface area contributed by atoms with Crippen molar-refractivity contribution in [2.24, 2.45) is 0 Å². The number of methoxy groups -OCH3 is 1. The summed E-state index contributed by atoms with van der Waals surface area (Å²) in [5.41, 5.74) is 1.55. The molecule has 0 atom stereocenters. The van der Waals surface area contributed by atoms with Crippen LogP contribution in [0.3, 0.4) is 0 Å². The van der Waals surface area contributed by atoms with Gasteiger partial charge in [-0.15, -0.1) is 0 Å². The quantitative estimate of drug-likeness (QED) is 0.328. The Morgan fingerprint density at radius 1 is 0.921 bits per heavy atom. The predicted octanol–water partition coefficient (Wildman–Crippen LogP) is 2.20. The highest BCUT2D eigenvalue weighted by atomic mass is 32.2. The lowest BCUT2D eigenvalue weighted by Gasteiger charge is -2.20. The average molecular weight is 549 g/mol. The fourth-order valence-electron chi connectivity index (χ4n) is 3.95. The van der Waals surface area contributed by atoms with Crippen LogP contribution < -0.4 is 20.1 Å². The first-order valence-electron chi connectivity index (χ1n) is 12.6. The maximum atomic E-state index is 13.1. The van der Waals surface area contributed by atoms with Crippen LogP contribution in [0.1, 0.15) is 35.3 Å². The first-order chi connectivity index (χ1) is 18.0. The van der Waals surface area contributed by atoms with Crippen molar-refractivity contribution in [3.8, 4) is 11.5 Å². The zero-order valence-electron chi connectivity index (χ0n) is 23.2. The predicted molar refractivity (Wildman–Crippen MR) is 147 cm³/mol. The van der Waals surface area contributed by atoms with Crippen LogP contribution in [0.5, 0.6) is 11.5 Å². The number of carbonyl (C=O) groups is 2. The number of nitrogens with one attached hydrogen (secondary N) is 2. The third-order valence-corrected chi connectivity index (χ3v) is 8.23. The SMILES string of the molecule is CCN(CC)CCOc1ccc(C(=O)NCCNC(=O)CN(C)S(=O)(=O)c2c(C)cc(OC)cc2C)cc1. The molecule has 11 heteroatoms. The fraction of sp³-hybridized carbons (Fsp3) is 0.481. The molecule has 0 bridgehead atoms. The summed E-state index contributed by atoms with van der Waals surface area (Å²) in [6.45, 7) is 10.9. The lowest BCUT2D eigenvalue weighted by atomic mass is 10.1. The zero-order chi connectivity index (χ0) is 28.3. The maximum Gasteiger partial charge on any atom is 0.251 e. The van der Waals surface area contributed by atoms with E-state index in [1.807, 2.05) is 0 Å². The molecule has 2 amide bonds. The van der Waals surface area contributed by atoms with Crippen LogP contribution in [-0.4, -0.2) is 89.5 Å². The van der Waals surface area contributed by atoms with Gasteiger partial charge in [-0.25, -0.2) is 8.42 Å². The van der Waals surface area contributed by atoms with E-state index in [1.54, 1.807) is 50.2 Å². The number of amides is 2. The highest BCUT2D eigenvalue weighted by Gasteiger charge is 2.27. The van der Waals surface area contributed by atoms with Gasteiger partial charge in [0.1, 0.15) is 18.1 Å². The number of ether oxygens (including phenoxy) is 2. The summed E-state index contributed by atoms with van der Waals surface area (Å²) in [6.07, 6.45) is 0. The molecule has 2 rings (SSSR count). The highest BCUT2D eigenvalue weighted by Crippen LogP contribution is 2.27. The molecule has 2 N–H and O–H groups in total. The van der Waals surface area contributed by atoms with E-state index in [9.17, 15) is 18.0 Å². The van der Waals surface area contributed by atoms with E-state index in [0.29, 0.717) is 34.8 Å². The van der Waals surface area contributed by atoms with E-state index < -0.39 is 15.9 Å². The van der Waals surface area contributed by atoms with Gasteiger partial charge in [-0.3, -0.25) is 9.59 Å². The normalized spacial score (nSPS) is 11.5. The Balaban J connectivity index is 1.79. The van der Waals surface area contributed by atoms with Crippen LogP contribution in [0.4, 0.5) is 0 Å². The Bertz CT molecular complexity index is 1160. The smallest absolute Gasteiger partial charge is 0.251 e. The number of sulfonamides is 1. The van der Waals surface area contributed by atoms with Gasteiger partial charge in [-0.2, -0.15) is 4.31 Å². The van der Waals surface area contributed by atoms with Crippen molar-refractivity contribution in [2.75, 3.05) is 60.0 Å². The summed E-state index contributed by atoms with van der Waals surface area (Å²) in [4.78, 5) is 27.2. The van der Waals surface area contributed by atoms with Gasteiger partial charge in [0.05, 0.1) is 18.6 Å². The van der Waals surface area contributed by atoms with E-state index in [0.717, 1.165) is 23.9 Å². The monoisotopic (exact) mass is 548 g/mol. The van der Waals surface area contributed by atoms with Crippen LogP contribution in [0.2, 0.25) is 0 Å². The van der Waals surface area contributed by atoms with Crippen molar-refractivity contribution in [3.05, 3.63) is 53.1 Å². The molecule has 0 saturated heterocycles. The molecular formula is C27H40N4O6S. The summed E-state index contributed by atoms with van der Waals surface area (Å²) < 4.78 is 38.1. The van der Waals surface area contributed by atoms with Gasteiger partial charge < -0.3 is 25.0 Å². The molecule has 2 aromatic rings. The van der Waals surface area contributed by atoms with Gasteiger partial charge in [0.15, 0.2) is 0 Å². The second kappa shape index (κ2) is 14.7. The first kappa shape index (κ1) is 31.1. The van der Waals surface area contributed by atoms with Gasteiger partial charge in [-0.05, 0) is 74.5 Å². The minimum absolute atomic E-state index is 0.154. The molecule has 0 aliphatic heterocycles. The van der Waals surface area contributed by atoms with Crippen molar-refractivity contribution in [1.29, 1.82) is 0 Å². The lowest BCUT2D eigenvalue weighted by molar-refractivity contribution is -0.121. The van der Waals surface area contributed by atoms with Gasteiger partial charge in [0.25, 0.3) is 5.91 Å². The zero-order valence-corrected chi connectivity index (χ0v) is 24.0. The van der Waals surface area contributed by atoms with Crippen LogP contribution in [-0.2, 0) is 14.8 Å². The molecule has 0 saturated carbocycles. The second-order valence-electron chi connectivity index (χ2n) is 8.86. The van der Waals surface area contributed by atoms with Crippen molar-refractivity contribution in [1.82, 2.24) is 19.8 Å². The number of carbonyl (C=O) groups excluding carboxylic acids is 2. The van der Waals surface area contributed by atoms with Crippen molar-refractivity contribution < 1.29 is 27.5 Å². The van der Waals surface area contributed by atoms with E-state index in [2.05, 4.69) is 29.4 Å². The van der Waals surface area contributed by atoms with Crippen molar-refractivity contribution in [3.63, 3.8) is 0 Å². The average Bonchev–Trinajstić information content (AvgIpc) is 2.88. The number of aryl methyl sites for hydroxylation is 2. The summed E-state index contributed by atoms with van der Waals surface area (Å²) in [5.74, 6) is 0.510. The third-order valence-electron chi connectivity index (χ3n) is 6.12. The molecule has 0 heterocycles. The maximum absolute atomic E-state index is 13.1. The summed E-state index contributed by atoms with van der Waals surface area (Å²) in [6, 6.07) is 10.2. The number of nitrogens with zero attached hydrogens (tertiary/aromatic N) is 2. The molecule has 38 heavy (non-hydrogen) atoms. The summed E-state index contributed by atoms with van der Waals surface area (Å²) in [7, 11) is -1.01. The number of hydrogen-bond donors (Lipinski definition) is 2. The molecule has 210 valence electrons. The van der Waals surface area contributed by atoms with Gasteiger partial charge >= 0.3 is 0 Å². The number of likely N-dealkylation sites (N-methyl/N-ethyl adjacent to an activating group) is 2. The van der Waals surface area contributed by atoms with E-state index in [-0.39, 0.29) is 30.4 Å². The van der Waals surface area contributed by atoms with E-state index in [4.69, 9.17) is 9.47 Å². The fourth-order valence-corrected chi connectivity index (χ4v) is 5.48. The molecule has 0 aromatic heterocycles. The van der Waals surface area contributed by atoms with Gasteiger partial charge in [-0.1, -0.05) is 13.8 Å². The van der Waals surface area contributed by atoms with Crippen molar-refractivity contribution >= 4 is 21.8 Å². The molecule has 0 unspecified atom stereocenters. The molecule has 0 spiro atoms. The largest absolute Gasteiger partial charge is 0.497 e. The standard InChI is InChI=1S/C27H40N4O6S/c1-7-31(8-2)15-16-37-23-11-9-22(10-12-23)27(33)29-14-13-28-25(32)19-30(5)38(34,35)26-20(3)17-24(36-6)18-21(26)4/h9-12,17-18H,7-8,13-16,19H2,1-6H3,(H,28,32)(H,29,33). The van der Waals surface area contributed by atoms with E-state index >= 15 is 0 Å². The third kappa shape index (κ3) is 8.71. The number of rotatable bonds is 15. The van der Waals surface area contributed by atoms with Crippen LogP contribution in [0, 0.1) is 13.8 Å². The molecule has 10 nitrogen and oxygen atoms in total.